The van der Waals surface area contributed by atoms with Crippen molar-refractivity contribution in [3.05, 3.63) is 41.7 Å². The van der Waals surface area contributed by atoms with E-state index in [0.29, 0.717) is 5.56 Å². The summed E-state index contributed by atoms with van der Waals surface area (Å²) in [6.07, 6.45) is 4.48. The molecule has 2 heterocycles. The van der Waals surface area contributed by atoms with E-state index in [0.717, 1.165) is 5.56 Å². The highest BCUT2D eigenvalue weighted by Crippen LogP contribution is 2.08. The molecule has 0 saturated carbocycles. The predicted octanol–water partition coefficient (Wildman–Crippen LogP) is 0.739. The number of ketones is 1. The number of aromatic nitrogens is 4. The fourth-order valence-electron chi connectivity index (χ4n) is 1.14. The Morgan fingerprint density at radius 1 is 1.50 bits per heavy atom. The minimum Gasteiger partial charge on any atom is -0.285 e. The van der Waals surface area contributed by atoms with Crippen LogP contribution in [0.25, 0.3) is 0 Å². The molecule has 0 atom stereocenters. The first-order valence-electron chi connectivity index (χ1n) is 4.09. The van der Waals surface area contributed by atoms with Crippen LogP contribution in [-0.2, 0) is 0 Å². The van der Waals surface area contributed by atoms with E-state index < -0.39 is 0 Å². The van der Waals surface area contributed by atoms with Crippen LogP contribution >= 0.6 is 0 Å². The summed E-state index contributed by atoms with van der Waals surface area (Å²) in [4.78, 5) is 19.4. The van der Waals surface area contributed by atoms with Gasteiger partial charge in [-0.1, -0.05) is 0 Å². The topological polar surface area (TPSA) is 71.5 Å². The molecule has 2 rings (SSSR count). The van der Waals surface area contributed by atoms with Gasteiger partial charge in [-0.15, -0.1) is 0 Å². The van der Waals surface area contributed by atoms with E-state index >= 15 is 0 Å². The lowest BCUT2D eigenvalue weighted by molar-refractivity contribution is 0.102. The number of hydrogen-bond acceptors (Lipinski definition) is 4. The van der Waals surface area contributed by atoms with Crippen LogP contribution in [0.15, 0.2) is 24.8 Å². The van der Waals surface area contributed by atoms with Crippen molar-refractivity contribution in [3.63, 3.8) is 0 Å². The zero-order valence-corrected chi connectivity index (χ0v) is 7.56. The zero-order valence-electron chi connectivity index (χ0n) is 7.56. The average Bonchev–Trinajstić information content (AvgIpc) is 2.70. The summed E-state index contributed by atoms with van der Waals surface area (Å²) < 4.78 is 0. The van der Waals surface area contributed by atoms with Crippen LogP contribution in [0.1, 0.15) is 21.7 Å². The van der Waals surface area contributed by atoms with E-state index in [1.54, 1.807) is 12.3 Å². The molecule has 0 amide bonds. The smallest absolute Gasteiger partial charge is 0.231 e. The SMILES string of the molecule is Cc1ccncc1C(=O)c1ncn[nH]1. The van der Waals surface area contributed by atoms with Gasteiger partial charge in [0.15, 0.2) is 5.82 Å². The normalized spacial score (nSPS) is 10.1. The third kappa shape index (κ3) is 1.39. The van der Waals surface area contributed by atoms with Gasteiger partial charge in [-0.25, -0.2) is 4.98 Å². The number of aromatic amines is 1. The largest absolute Gasteiger partial charge is 0.285 e. The summed E-state index contributed by atoms with van der Waals surface area (Å²) in [5.41, 5.74) is 1.42. The Kier molecular flexibility index (Phi) is 2.06. The van der Waals surface area contributed by atoms with Crippen molar-refractivity contribution in [2.24, 2.45) is 0 Å². The fourth-order valence-corrected chi connectivity index (χ4v) is 1.14. The zero-order chi connectivity index (χ0) is 9.97. The van der Waals surface area contributed by atoms with Crippen LogP contribution in [0, 0.1) is 6.92 Å². The van der Waals surface area contributed by atoms with Crippen molar-refractivity contribution in [1.82, 2.24) is 20.2 Å². The first kappa shape index (κ1) is 8.55. The number of carbonyl (C=O) groups excluding carboxylic acids is 1. The fraction of sp³-hybridized carbons (Fsp3) is 0.111. The quantitative estimate of drug-likeness (QED) is 0.705. The lowest BCUT2D eigenvalue weighted by Crippen LogP contribution is -2.06. The van der Waals surface area contributed by atoms with Crippen LogP contribution < -0.4 is 0 Å². The van der Waals surface area contributed by atoms with Gasteiger partial charge in [-0.05, 0) is 18.6 Å². The Balaban J connectivity index is 2.42. The number of carbonyl (C=O) groups is 1. The molecule has 0 bridgehead atoms. The minimum atomic E-state index is -0.187. The Bertz CT molecular complexity index is 450. The molecule has 0 radical (unpaired) electrons. The van der Waals surface area contributed by atoms with Crippen molar-refractivity contribution in [1.29, 1.82) is 0 Å². The molecule has 0 saturated heterocycles. The first-order chi connectivity index (χ1) is 6.79. The Labute approximate surface area is 80.2 Å². The van der Waals surface area contributed by atoms with Gasteiger partial charge in [0.05, 0.1) is 0 Å². The van der Waals surface area contributed by atoms with Gasteiger partial charge < -0.3 is 0 Å². The molecule has 2 aromatic heterocycles. The number of aryl methyl sites for hydroxylation is 1. The molecule has 70 valence electrons. The van der Waals surface area contributed by atoms with E-state index in [1.807, 2.05) is 6.92 Å². The predicted molar refractivity (Wildman–Crippen MR) is 48.8 cm³/mol. The number of rotatable bonds is 2. The van der Waals surface area contributed by atoms with Gasteiger partial charge in [0.1, 0.15) is 6.33 Å². The molecule has 0 aliphatic carbocycles. The van der Waals surface area contributed by atoms with Crippen molar-refractivity contribution >= 4 is 5.78 Å². The Hall–Kier alpha value is -2.04. The highest BCUT2D eigenvalue weighted by molar-refractivity contribution is 6.07. The van der Waals surface area contributed by atoms with Gasteiger partial charge in [-0.3, -0.25) is 14.9 Å². The molecular formula is C9H8N4O. The summed E-state index contributed by atoms with van der Waals surface area (Å²) in [5.74, 6) is 0.0502. The van der Waals surface area contributed by atoms with E-state index in [2.05, 4.69) is 20.2 Å². The summed E-state index contributed by atoms with van der Waals surface area (Å²) in [7, 11) is 0. The highest BCUT2D eigenvalue weighted by Gasteiger charge is 2.13. The highest BCUT2D eigenvalue weighted by atomic mass is 16.1. The lowest BCUT2D eigenvalue weighted by atomic mass is 10.1. The molecule has 0 aliphatic heterocycles. The standard InChI is InChI=1S/C9H8N4O/c1-6-2-3-10-4-7(6)8(14)9-11-5-12-13-9/h2-5H,1H3,(H,11,12,13). The van der Waals surface area contributed by atoms with E-state index in [1.165, 1.54) is 12.5 Å². The van der Waals surface area contributed by atoms with Crippen LogP contribution in [0.5, 0.6) is 0 Å². The maximum atomic E-state index is 11.8. The molecule has 0 unspecified atom stereocenters. The summed E-state index contributed by atoms with van der Waals surface area (Å²) in [6.45, 7) is 1.85. The molecule has 5 heteroatoms. The van der Waals surface area contributed by atoms with Crippen LogP contribution in [0.3, 0.4) is 0 Å². The van der Waals surface area contributed by atoms with Crippen LogP contribution in [-0.4, -0.2) is 25.9 Å². The van der Waals surface area contributed by atoms with Crippen molar-refractivity contribution in [2.75, 3.05) is 0 Å². The number of nitrogens with zero attached hydrogens (tertiary/aromatic N) is 3. The summed E-state index contributed by atoms with van der Waals surface area (Å²) >= 11 is 0. The second-order valence-corrected chi connectivity index (χ2v) is 2.85. The number of nitrogens with one attached hydrogen (secondary N) is 1. The molecule has 5 nitrogen and oxygen atoms in total. The molecule has 0 aromatic carbocycles. The van der Waals surface area contributed by atoms with Gasteiger partial charge in [0, 0.05) is 18.0 Å². The van der Waals surface area contributed by atoms with Crippen LogP contribution in [0.4, 0.5) is 0 Å². The lowest BCUT2D eigenvalue weighted by Gasteiger charge is -1.99. The molecular weight excluding hydrogens is 180 g/mol. The molecule has 0 aliphatic rings. The number of H-pyrrole nitrogens is 1. The maximum Gasteiger partial charge on any atom is 0.231 e. The van der Waals surface area contributed by atoms with Gasteiger partial charge >= 0.3 is 0 Å². The second-order valence-electron chi connectivity index (χ2n) is 2.85. The Morgan fingerprint density at radius 2 is 2.36 bits per heavy atom. The number of hydrogen-bond donors (Lipinski definition) is 1. The van der Waals surface area contributed by atoms with Gasteiger partial charge in [0.2, 0.25) is 5.78 Å². The minimum absolute atomic E-state index is 0.187. The third-order valence-corrected chi connectivity index (χ3v) is 1.91. The average molecular weight is 188 g/mol. The molecule has 2 aromatic rings. The van der Waals surface area contributed by atoms with Crippen LogP contribution in [0.2, 0.25) is 0 Å². The maximum absolute atomic E-state index is 11.8. The monoisotopic (exact) mass is 188 g/mol. The van der Waals surface area contributed by atoms with E-state index in [9.17, 15) is 4.79 Å². The molecule has 14 heavy (non-hydrogen) atoms. The number of pyridine rings is 1. The van der Waals surface area contributed by atoms with Crippen molar-refractivity contribution in [3.8, 4) is 0 Å². The molecule has 0 fully saturated rings. The first-order valence-corrected chi connectivity index (χ1v) is 4.09. The summed E-state index contributed by atoms with van der Waals surface area (Å²) in [6, 6.07) is 1.78. The summed E-state index contributed by atoms with van der Waals surface area (Å²) in [5, 5.41) is 6.15. The van der Waals surface area contributed by atoms with E-state index in [-0.39, 0.29) is 11.6 Å². The Morgan fingerprint density at radius 3 is 3.00 bits per heavy atom. The van der Waals surface area contributed by atoms with Gasteiger partial charge in [0.25, 0.3) is 0 Å². The second kappa shape index (κ2) is 3.37. The molecule has 0 spiro atoms. The third-order valence-electron chi connectivity index (χ3n) is 1.91. The van der Waals surface area contributed by atoms with Crippen molar-refractivity contribution in [2.45, 2.75) is 6.92 Å². The molecule has 1 N–H and O–H groups in total. The van der Waals surface area contributed by atoms with Crippen molar-refractivity contribution < 1.29 is 4.79 Å². The van der Waals surface area contributed by atoms with Gasteiger partial charge in [-0.2, -0.15) is 5.10 Å². The van der Waals surface area contributed by atoms with E-state index in [4.69, 9.17) is 0 Å².